The monoisotopic (exact) mass is 349 g/mol. The molecule has 0 atom stereocenters. The van der Waals surface area contributed by atoms with Gasteiger partial charge in [-0.15, -0.1) is 0 Å². The number of nitrogens with one attached hydrogen (secondary N) is 1. The lowest BCUT2D eigenvalue weighted by molar-refractivity contribution is 0.397. The summed E-state index contributed by atoms with van der Waals surface area (Å²) in [6.45, 7) is 3.07. The SMILES string of the molecule is CCc1ccc(-n2nc(-c3c(OC)cccc3OC)c3c2NCC3)cc1. The van der Waals surface area contributed by atoms with E-state index in [0.29, 0.717) is 0 Å². The van der Waals surface area contributed by atoms with Crippen molar-refractivity contribution in [1.29, 1.82) is 0 Å². The molecule has 0 spiro atoms. The quantitative estimate of drug-likeness (QED) is 0.754. The van der Waals surface area contributed by atoms with E-state index in [1.807, 2.05) is 22.9 Å². The van der Waals surface area contributed by atoms with E-state index >= 15 is 0 Å². The number of hydrogen-bond donors (Lipinski definition) is 1. The summed E-state index contributed by atoms with van der Waals surface area (Å²) >= 11 is 0. The number of anilines is 1. The molecule has 1 aliphatic rings. The Balaban J connectivity index is 1.90. The van der Waals surface area contributed by atoms with Crippen molar-refractivity contribution in [2.75, 3.05) is 26.1 Å². The van der Waals surface area contributed by atoms with Gasteiger partial charge in [0.15, 0.2) is 0 Å². The Morgan fingerprint density at radius 1 is 1.04 bits per heavy atom. The van der Waals surface area contributed by atoms with Gasteiger partial charge in [-0.25, -0.2) is 4.68 Å². The third-order valence-electron chi connectivity index (χ3n) is 4.90. The molecular formula is C21H23N3O2. The highest BCUT2D eigenvalue weighted by Gasteiger charge is 2.27. The van der Waals surface area contributed by atoms with Crippen LogP contribution in [0, 0.1) is 0 Å². The van der Waals surface area contributed by atoms with Gasteiger partial charge in [-0.05, 0) is 42.7 Å². The second kappa shape index (κ2) is 6.75. The molecule has 0 unspecified atom stereocenters. The molecule has 4 rings (SSSR count). The van der Waals surface area contributed by atoms with Crippen LogP contribution in [0.4, 0.5) is 5.82 Å². The van der Waals surface area contributed by atoms with Crippen molar-refractivity contribution in [3.05, 3.63) is 53.6 Å². The summed E-state index contributed by atoms with van der Waals surface area (Å²) in [4.78, 5) is 0. The van der Waals surface area contributed by atoms with Crippen LogP contribution in [-0.2, 0) is 12.8 Å². The standard InChI is InChI=1S/C21H23N3O2/c1-4-14-8-10-15(11-9-14)24-21-16(12-13-22-21)20(23-24)19-17(25-2)6-5-7-18(19)26-3/h5-11,22H,4,12-13H2,1-3H3. The Kier molecular flexibility index (Phi) is 4.29. The van der Waals surface area contributed by atoms with E-state index in [0.717, 1.165) is 53.6 Å². The Hall–Kier alpha value is -2.95. The molecular weight excluding hydrogens is 326 g/mol. The summed E-state index contributed by atoms with van der Waals surface area (Å²) in [7, 11) is 3.36. The van der Waals surface area contributed by atoms with Gasteiger partial charge in [0.1, 0.15) is 23.0 Å². The zero-order chi connectivity index (χ0) is 18.1. The number of fused-ring (bicyclic) bond motifs is 1. The second-order valence-corrected chi connectivity index (χ2v) is 6.32. The molecule has 0 aliphatic carbocycles. The second-order valence-electron chi connectivity index (χ2n) is 6.32. The highest BCUT2D eigenvalue weighted by Crippen LogP contribution is 2.43. The number of methoxy groups -OCH3 is 2. The molecule has 1 aliphatic heterocycles. The summed E-state index contributed by atoms with van der Waals surface area (Å²) in [6.07, 6.45) is 1.96. The molecule has 26 heavy (non-hydrogen) atoms. The first-order valence-corrected chi connectivity index (χ1v) is 8.93. The molecule has 0 saturated carbocycles. The molecule has 0 bridgehead atoms. The highest BCUT2D eigenvalue weighted by atomic mass is 16.5. The maximum Gasteiger partial charge on any atom is 0.133 e. The minimum absolute atomic E-state index is 0.769. The first-order chi connectivity index (χ1) is 12.8. The molecule has 5 heteroatoms. The van der Waals surface area contributed by atoms with E-state index in [2.05, 4.69) is 36.5 Å². The Bertz CT molecular complexity index is 907. The fraction of sp³-hybridized carbons (Fsp3) is 0.286. The molecule has 5 nitrogen and oxygen atoms in total. The van der Waals surface area contributed by atoms with Crippen LogP contribution in [0.25, 0.3) is 16.9 Å². The van der Waals surface area contributed by atoms with Crippen LogP contribution in [0.2, 0.25) is 0 Å². The molecule has 134 valence electrons. The van der Waals surface area contributed by atoms with E-state index in [4.69, 9.17) is 14.6 Å². The van der Waals surface area contributed by atoms with E-state index in [-0.39, 0.29) is 0 Å². The summed E-state index contributed by atoms with van der Waals surface area (Å²) in [5.74, 6) is 2.59. The number of nitrogens with zero attached hydrogens (tertiary/aromatic N) is 2. The lowest BCUT2D eigenvalue weighted by Gasteiger charge is -2.12. The average molecular weight is 349 g/mol. The average Bonchev–Trinajstić information content (AvgIpc) is 3.30. The van der Waals surface area contributed by atoms with Gasteiger partial charge in [0.05, 0.1) is 25.5 Å². The van der Waals surface area contributed by atoms with Crippen molar-refractivity contribution in [2.24, 2.45) is 0 Å². The third kappa shape index (κ3) is 2.60. The highest BCUT2D eigenvalue weighted by molar-refractivity contribution is 5.81. The fourth-order valence-electron chi connectivity index (χ4n) is 3.52. The van der Waals surface area contributed by atoms with Crippen molar-refractivity contribution in [3.8, 4) is 28.4 Å². The summed E-state index contributed by atoms with van der Waals surface area (Å²) in [5, 5.41) is 8.42. The molecule has 0 saturated heterocycles. The van der Waals surface area contributed by atoms with Crippen molar-refractivity contribution < 1.29 is 9.47 Å². The van der Waals surface area contributed by atoms with Gasteiger partial charge < -0.3 is 14.8 Å². The fourth-order valence-corrected chi connectivity index (χ4v) is 3.52. The minimum atomic E-state index is 0.769. The van der Waals surface area contributed by atoms with E-state index in [9.17, 15) is 0 Å². The predicted molar refractivity (Wildman–Crippen MR) is 104 cm³/mol. The molecule has 1 N–H and O–H groups in total. The molecule has 1 aromatic heterocycles. The lowest BCUT2D eigenvalue weighted by Crippen LogP contribution is -2.04. The van der Waals surface area contributed by atoms with E-state index in [1.165, 1.54) is 11.1 Å². The van der Waals surface area contributed by atoms with Crippen molar-refractivity contribution in [2.45, 2.75) is 19.8 Å². The van der Waals surface area contributed by atoms with E-state index < -0.39 is 0 Å². The van der Waals surface area contributed by atoms with Crippen molar-refractivity contribution in [3.63, 3.8) is 0 Å². The third-order valence-corrected chi connectivity index (χ3v) is 4.90. The summed E-state index contributed by atoms with van der Waals surface area (Å²) < 4.78 is 13.2. The van der Waals surface area contributed by atoms with Gasteiger partial charge >= 0.3 is 0 Å². The van der Waals surface area contributed by atoms with Gasteiger partial charge in [-0.3, -0.25) is 0 Å². The maximum absolute atomic E-state index is 5.60. The number of aromatic nitrogens is 2. The van der Waals surface area contributed by atoms with Gasteiger partial charge in [0.2, 0.25) is 0 Å². The lowest BCUT2D eigenvalue weighted by atomic mass is 10.0. The van der Waals surface area contributed by atoms with Crippen molar-refractivity contribution >= 4 is 5.82 Å². The Morgan fingerprint density at radius 2 is 1.73 bits per heavy atom. The number of rotatable bonds is 5. The van der Waals surface area contributed by atoms with Crippen LogP contribution in [0.1, 0.15) is 18.1 Å². The Labute approximate surface area is 153 Å². The molecule has 0 amide bonds. The zero-order valence-electron chi connectivity index (χ0n) is 15.4. The first kappa shape index (κ1) is 16.5. The van der Waals surface area contributed by atoms with Crippen LogP contribution < -0.4 is 14.8 Å². The van der Waals surface area contributed by atoms with Gasteiger partial charge in [0.25, 0.3) is 0 Å². The first-order valence-electron chi connectivity index (χ1n) is 8.93. The van der Waals surface area contributed by atoms with Gasteiger partial charge in [0, 0.05) is 12.1 Å². The molecule has 2 aromatic carbocycles. The molecule has 2 heterocycles. The summed E-state index contributed by atoms with van der Waals surface area (Å²) in [6, 6.07) is 14.4. The number of benzene rings is 2. The van der Waals surface area contributed by atoms with Crippen LogP contribution in [-0.4, -0.2) is 30.5 Å². The number of ether oxygens (including phenoxy) is 2. The van der Waals surface area contributed by atoms with Crippen molar-refractivity contribution in [1.82, 2.24) is 9.78 Å². The maximum atomic E-state index is 5.60. The zero-order valence-corrected chi connectivity index (χ0v) is 15.4. The largest absolute Gasteiger partial charge is 0.496 e. The molecule has 0 fully saturated rings. The minimum Gasteiger partial charge on any atom is -0.496 e. The molecule has 3 aromatic rings. The number of aryl methyl sites for hydroxylation is 1. The predicted octanol–water partition coefficient (Wildman–Crippen LogP) is 4.09. The van der Waals surface area contributed by atoms with Gasteiger partial charge in [-0.2, -0.15) is 5.10 Å². The number of hydrogen-bond acceptors (Lipinski definition) is 4. The van der Waals surface area contributed by atoms with Gasteiger partial charge in [-0.1, -0.05) is 25.1 Å². The smallest absolute Gasteiger partial charge is 0.133 e. The topological polar surface area (TPSA) is 48.3 Å². The van der Waals surface area contributed by atoms with Crippen LogP contribution >= 0.6 is 0 Å². The van der Waals surface area contributed by atoms with Crippen LogP contribution in [0.3, 0.4) is 0 Å². The summed E-state index contributed by atoms with van der Waals surface area (Å²) in [5.41, 5.74) is 5.39. The Morgan fingerprint density at radius 3 is 2.35 bits per heavy atom. The molecule has 0 radical (unpaired) electrons. The van der Waals surface area contributed by atoms with Crippen LogP contribution in [0.5, 0.6) is 11.5 Å². The van der Waals surface area contributed by atoms with Crippen LogP contribution in [0.15, 0.2) is 42.5 Å². The van der Waals surface area contributed by atoms with E-state index in [1.54, 1.807) is 14.2 Å². The normalized spacial score (nSPS) is 12.6.